The minimum absolute atomic E-state index is 0.0322. The Bertz CT molecular complexity index is 1060. The van der Waals surface area contributed by atoms with Crippen LogP contribution in [0.1, 0.15) is 29.9 Å². The van der Waals surface area contributed by atoms with Crippen molar-refractivity contribution >= 4 is 17.5 Å². The Morgan fingerprint density at radius 2 is 1.55 bits per heavy atom. The van der Waals surface area contributed by atoms with Crippen molar-refractivity contribution in [1.29, 1.82) is 0 Å². The number of amides is 2. The minimum atomic E-state index is -0.245. The number of carbonyl (C=O) groups is 2. The van der Waals surface area contributed by atoms with Gasteiger partial charge in [0, 0.05) is 37.1 Å². The fourth-order valence-electron chi connectivity index (χ4n) is 4.32. The Morgan fingerprint density at radius 3 is 2.12 bits per heavy atom. The molecule has 33 heavy (non-hydrogen) atoms. The highest BCUT2D eigenvalue weighted by Crippen LogP contribution is 2.33. The van der Waals surface area contributed by atoms with Crippen molar-refractivity contribution in [2.45, 2.75) is 24.8 Å². The second-order valence-electron chi connectivity index (χ2n) is 8.09. The van der Waals surface area contributed by atoms with Crippen molar-refractivity contribution in [3.63, 3.8) is 0 Å². The Balaban J connectivity index is 1.45. The molecule has 1 heterocycles. The molecule has 6 nitrogen and oxygen atoms in total. The molecule has 3 aromatic rings. The van der Waals surface area contributed by atoms with Gasteiger partial charge in [-0.15, -0.1) is 0 Å². The molecule has 1 N–H and O–H groups in total. The lowest BCUT2D eigenvalue weighted by Gasteiger charge is -2.21. The Labute approximate surface area is 194 Å². The van der Waals surface area contributed by atoms with Crippen LogP contribution >= 0.6 is 0 Å². The normalized spacial score (nSPS) is 15.5. The Kier molecular flexibility index (Phi) is 6.93. The van der Waals surface area contributed by atoms with Gasteiger partial charge in [0.2, 0.25) is 11.8 Å². The summed E-state index contributed by atoms with van der Waals surface area (Å²) in [4.78, 5) is 27.4. The Hall–Kier alpha value is -3.80. The standard InChI is InChI=1S/C27H28N2O4/c1-32-24-14-13-22(16-25(24)33-2)29-18-21(15-27(29)31)28-26(30)17-23(19-9-5-3-6-10-19)20-11-7-4-8-12-20/h3-14,16,21,23H,15,17-18H2,1-2H3,(H,28,30)/t21-/m1/s1. The third kappa shape index (κ3) is 5.17. The molecule has 1 fully saturated rings. The summed E-state index contributed by atoms with van der Waals surface area (Å²) in [5, 5.41) is 3.07. The smallest absolute Gasteiger partial charge is 0.229 e. The molecule has 1 saturated heterocycles. The van der Waals surface area contributed by atoms with Gasteiger partial charge in [0.05, 0.1) is 20.3 Å². The average molecular weight is 445 g/mol. The molecule has 1 aliphatic heterocycles. The third-order valence-corrected chi connectivity index (χ3v) is 5.96. The van der Waals surface area contributed by atoms with E-state index in [-0.39, 0.29) is 30.2 Å². The number of anilines is 1. The first-order valence-electron chi connectivity index (χ1n) is 11.0. The van der Waals surface area contributed by atoms with Gasteiger partial charge in [-0.05, 0) is 23.3 Å². The lowest BCUT2D eigenvalue weighted by molar-refractivity contribution is -0.122. The molecule has 1 atom stereocenters. The van der Waals surface area contributed by atoms with Crippen molar-refractivity contribution in [1.82, 2.24) is 5.32 Å². The van der Waals surface area contributed by atoms with E-state index in [9.17, 15) is 9.59 Å². The number of rotatable bonds is 8. The van der Waals surface area contributed by atoms with Crippen LogP contribution in [0.25, 0.3) is 0 Å². The summed E-state index contributed by atoms with van der Waals surface area (Å²) in [6.45, 7) is 0.418. The molecule has 2 amide bonds. The van der Waals surface area contributed by atoms with Crippen molar-refractivity contribution in [3.05, 3.63) is 90.0 Å². The zero-order valence-electron chi connectivity index (χ0n) is 18.9. The largest absolute Gasteiger partial charge is 0.493 e. The van der Waals surface area contributed by atoms with Gasteiger partial charge >= 0.3 is 0 Å². The number of nitrogens with one attached hydrogen (secondary N) is 1. The molecular weight excluding hydrogens is 416 g/mol. The molecule has 0 spiro atoms. The van der Waals surface area contributed by atoms with E-state index < -0.39 is 0 Å². The van der Waals surface area contributed by atoms with Gasteiger partial charge < -0.3 is 19.7 Å². The van der Waals surface area contributed by atoms with Crippen LogP contribution in [0.15, 0.2) is 78.9 Å². The predicted octanol–water partition coefficient (Wildman–Crippen LogP) is 4.15. The number of nitrogens with zero attached hydrogens (tertiary/aromatic N) is 1. The summed E-state index contributed by atoms with van der Waals surface area (Å²) in [6, 6.07) is 25.2. The topological polar surface area (TPSA) is 67.9 Å². The summed E-state index contributed by atoms with van der Waals surface area (Å²) >= 11 is 0. The fourth-order valence-corrected chi connectivity index (χ4v) is 4.32. The lowest BCUT2D eigenvalue weighted by atomic mass is 9.88. The molecule has 4 rings (SSSR count). The first kappa shape index (κ1) is 22.4. The molecule has 0 aromatic heterocycles. The summed E-state index contributed by atoms with van der Waals surface area (Å²) in [6.07, 6.45) is 0.580. The molecule has 0 aliphatic carbocycles. The maximum Gasteiger partial charge on any atom is 0.229 e. The third-order valence-electron chi connectivity index (χ3n) is 5.96. The van der Waals surface area contributed by atoms with E-state index in [0.29, 0.717) is 24.5 Å². The molecule has 0 saturated carbocycles. The van der Waals surface area contributed by atoms with Gasteiger partial charge in [-0.2, -0.15) is 0 Å². The lowest BCUT2D eigenvalue weighted by Crippen LogP contribution is -2.37. The van der Waals surface area contributed by atoms with Crippen LogP contribution in [0.3, 0.4) is 0 Å². The number of methoxy groups -OCH3 is 2. The maximum absolute atomic E-state index is 13.0. The highest BCUT2D eigenvalue weighted by atomic mass is 16.5. The van der Waals surface area contributed by atoms with E-state index >= 15 is 0 Å². The summed E-state index contributed by atoms with van der Waals surface area (Å²) in [5.74, 6) is 1.01. The number of hydrogen-bond acceptors (Lipinski definition) is 4. The van der Waals surface area contributed by atoms with Crippen molar-refractivity contribution in [3.8, 4) is 11.5 Å². The van der Waals surface area contributed by atoms with E-state index in [1.165, 1.54) is 0 Å². The average Bonchev–Trinajstić information content (AvgIpc) is 3.22. The first-order chi connectivity index (χ1) is 16.1. The van der Waals surface area contributed by atoms with Crippen LogP contribution in [-0.2, 0) is 9.59 Å². The van der Waals surface area contributed by atoms with E-state index in [2.05, 4.69) is 5.32 Å². The molecule has 3 aromatic carbocycles. The molecule has 6 heteroatoms. The quantitative estimate of drug-likeness (QED) is 0.567. The number of hydrogen-bond donors (Lipinski definition) is 1. The second kappa shape index (κ2) is 10.2. The van der Waals surface area contributed by atoms with Crippen LogP contribution in [0.5, 0.6) is 11.5 Å². The highest BCUT2D eigenvalue weighted by Gasteiger charge is 2.32. The summed E-state index contributed by atoms with van der Waals surface area (Å²) in [7, 11) is 3.13. The van der Waals surface area contributed by atoms with Gasteiger partial charge in [0.25, 0.3) is 0 Å². The van der Waals surface area contributed by atoms with E-state index in [4.69, 9.17) is 9.47 Å². The Morgan fingerprint density at radius 1 is 0.939 bits per heavy atom. The van der Waals surface area contributed by atoms with Gasteiger partial charge in [-0.25, -0.2) is 0 Å². The fraction of sp³-hybridized carbons (Fsp3) is 0.259. The van der Waals surface area contributed by atoms with Crippen LogP contribution < -0.4 is 19.7 Å². The van der Waals surface area contributed by atoms with E-state index in [0.717, 1.165) is 16.8 Å². The van der Waals surface area contributed by atoms with Gasteiger partial charge in [-0.1, -0.05) is 60.7 Å². The minimum Gasteiger partial charge on any atom is -0.493 e. The number of ether oxygens (including phenoxy) is 2. The van der Waals surface area contributed by atoms with Gasteiger partial charge in [0.1, 0.15) is 0 Å². The molecular formula is C27H28N2O4. The maximum atomic E-state index is 13.0. The molecule has 1 aliphatic rings. The van der Waals surface area contributed by atoms with Crippen molar-refractivity contribution < 1.29 is 19.1 Å². The molecule has 0 radical (unpaired) electrons. The first-order valence-corrected chi connectivity index (χ1v) is 11.0. The van der Waals surface area contributed by atoms with Crippen molar-refractivity contribution in [2.75, 3.05) is 25.7 Å². The summed E-state index contributed by atoms with van der Waals surface area (Å²) < 4.78 is 10.6. The van der Waals surface area contributed by atoms with Crippen LogP contribution in [-0.4, -0.2) is 38.6 Å². The van der Waals surface area contributed by atoms with Crippen LogP contribution in [0, 0.1) is 0 Å². The number of benzene rings is 3. The van der Waals surface area contributed by atoms with Gasteiger partial charge in [0.15, 0.2) is 11.5 Å². The highest BCUT2D eigenvalue weighted by molar-refractivity contribution is 5.97. The second-order valence-corrected chi connectivity index (χ2v) is 8.09. The monoisotopic (exact) mass is 444 g/mol. The molecule has 170 valence electrons. The van der Waals surface area contributed by atoms with E-state index in [1.54, 1.807) is 31.3 Å². The zero-order valence-corrected chi connectivity index (χ0v) is 18.9. The predicted molar refractivity (Wildman–Crippen MR) is 128 cm³/mol. The number of carbonyl (C=O) groups excluding carboxylic acids is 2. The van der Waals surface area contributed by atoms with Gasteiger partial charge in [-0.3, -0.25) is 9.59 Å². The molecule has 0 bridgehead atoms. The molecule has 0 unspecified atom stereocenters. The zero-order chi connectivity index (χ0) is 23.2. The summed E-state index contributed by atoms with van der Waals surface area (Å²) in [5.41, 5.74) is 2.91. The SMILES string of the molecule is COc1ccc(N2C[C@H](NC(=O)CC(c3ccccc3)c3ccccc3)CC2=O)cc1OC. The van der Waals surface area contributed by atoms with E-state index in [1.807, 2.05) is 66.7 Å². The van der Waals surface area contributed by atoms with Crippen LogP contribution in [0.4, 0.5) is 5.69 Å². The van der Waals surface area contributed by atoms with Crippen molar-refractivity contribution in [2.24, 2.45) is 0 Å². The van der Waals surface area contributed by atoms with Crippen LogP contribution in [0.2, 0.25) is 0 Å².